The van der Waals surface area contributed by atoms with Gasteiger partial charge in [-0.3, -0.25) is 0 Å². The minimum atomic E-state index is -0.933. The predicted octanol–water partition coefficient (Wildman–Crippen LogP) is 6.46. The van der Waals surface area contributed by atoms with Gasteiger partial charge >= 0.3 is 5.97 Å². The molecular weight excluding hydrogens is 400 g/mol. The van der Waals surface area contributed by atoms with Gasteiger partial charge in [0, 0.05) is 41.8 Å². The van der Waals surface area contributed by atoms with Crippen molar-refractivity contribution in [3.63, 3.8) is 0 Å². The summed E-state index contributed by atoms with van der Waals surface area (Å²) in [5.74, 6) is 0.103. The lowest BCUT2D eigenvalue weighted by Gasteiger charge is -2.37. The fourth-order valence-corrected chi connectivity index (χ4v) is 4.38. The van der Waals surface area contributed by atoms with Crippen molar-refractivity contribution in [2.24, 2.45) is 5.92 Å². The van der Waals surface area contributed by atoms with Crippen LogP contribution in [0.15, 0.2) is 53.8 Å². The summed E-state index contributed by atoms with van der Waals surface area (Å²) < 4.78 is 6.26. The van der Waals surface area contributed by atoms with Gasteiger partial charge in [0.15, 0.2) is 0 Å². The maximum Gasteiger partial charge on any atom is 0.335 e. The Morgan fingerprint density at radius 3 is 2.50 bits per heavy atom. The third-order valence-electron chi connectivity index (χ3n) is 5.89. The molecule has 32 heavy (non-hydrogen) atoms. The Balaban J connectivity index is 0.00000141. The number of aryl methyl sites for hydroxylation is 2. The Labute approximate surface area is 190 Å². The highest BCUT2D eigenvalue weighted by Gasteiger charge is 2.39. The monoisotopic (exact) mass is 432 g/mol. The lowest BCUT2D eigenvalue weighted by Crippen LogP contribution is -2.29. The zero-order chi connectivity index (χ0) is 23.6. The van der Waals surface area contributed by atoms with E-state index in [-0.39, 0.29) is 11.8 Å². The zero-order valence-corrected chi connectivity index (χ0v) is 19.7. The topological polar surface area (TPSA) is 82.4 Å². The molecule has 0 saturated carbocycles. The minimum Gasteiger partial charge on any atom is -0.478 e. The number of fused-ring (bicyclic) bond motifs is 2. The van der Waals surface area contributed by atoms with Gasteiger partial charge in [0.25, 0.3) is 0 Å². The molecule has 2 atom stereocenters. The Bertz CT molecular complexity index is 1130. The van der Waals surface area contributed by atoms with Crippen LogP contribution in [-0.4, -0.2) is 23.3 Å². The molecule has 1 heterocycles. The number of allylic oxidation sites excluding steroid dienone is 3. The molecule has 0 radical (unpaired) electrons. The van der Waals surface area contributed by atoms with Crippen LogP contribution in [0.4, 0.5) is 5.69 Å². The van der Waals surface area contributed by atoms with Crippen LogP contribution in [0.5, 0.6) is 5.75 Å². The number of carboxylic acids is 1. The summed E-state index contributed by atoms with van der Waals surface area (Å²) in [6.07, 6.45) is 3.79. The fourth-order valence-electron chi connectivity index (χ4n) is 4.38. The maximum absolute atomic E-state index is 12.1. The highest BCUT2D eigenvalue weighted by atomic mass is 16.5. The van der Waals surface area contributed by atoms with Crippen LogP contribution in [0, 0.1) is 25.2 Å². The van der Waals surface area contributed by atoms with Gasteiger partial charge in [-0.25, -0.2) is 4.79 Å². The summed E-state index contributed by atoms with van der Waals surface area (Å²) in [5.41, 5.74) is 6.33. The number of hydrogen-bond donors (Lipinski definition) is 3. The summed E-state index contributed by atoms with van der Waals surface area (Å²) in [5, 5.41) is 21.5. The van der Waals surface area contributed by atoms with Crippen LogP contribution in [0.25, 0.3) is 0 Å². The zero-order valence-electron chi connectivity index (χ0n) is 19.7. The summed E-state index contributed by atoms with van der Waals surface area (Å²) in [4.78, 5) is 12.1. The van der Waals surface area contributed by atoms with Gasteiger partial charge in [-0.2, -0.15) is 0 Å². The van der Waals surface area contributed by atoms with Gasteiger partial charge in [0.2, 0.25) is 0 Å². The molecule has 5 nitrogen and oxygen atoms in total. The largest absolute Gasteiger partial charge is 0.478 e. The van der Waals surface area contributed by atoms with Gasteiger partial charge in [0.1, 0.15) is 11.5 Å². The number of rotatable bonds is 4. The molecule has 0 aromatic heterocycles. The number of carboxylic acid groups (broad SMARTS) is 1. The molecule has 0 saturated heterocycles. The van der Waals surface area contributed by atoms with E-state index in [1.54, 1.807) is 12.1 Å². The molecule has 2 unspecified atom stereocenters. The predicted molar refractivity (Wildman–Crippen MR) is 130 cm³/mol. The molecule has 2 aromatic carbocycles. The van der Waals surface area contributed by atoms with E-state index in [1.807, 2.05) is 65.8 Å². The van der Waals surface area contributed by atoms with Crippen molar-refractivity contribution in [1.82, 2.24) is 0 Å². The molecule has 5 heteroatoms. The van der Waals surface area contributed by atoms with Gasteiger partial charge in [-0.05, 0) is 56.5 Å². The van der Waals surface area contributed by atoms with E-state index < -0.39 is 5.97 Å². The van der Waals surface area contributed by atoms with Crippen molar-refractivity contribution in [3.8, 4) is 5.75 Å². The van der Waals surface area contributed by atoms with Crippen LogP contribution < -0.4 is 10.1 Å². The first-order valence-electron chi connectivity index (χ1n) is 11.2. The summed E-state index contributed by atoms with van der Waals surface area (Å²) in [6, 6.07) is 9.71. The molecule has 4 rings (SSSR count). The Morgan fingerprint density at radius 1 is 1.12 bits per heavy atom. The number of benzene rings is 2. The van der Waals surface area contributed by atoms with E-state index >= 15 is 0 Å². The highest BCUT2D eigenvalue weighted by Crippen LogP contribution is 2.50. The van der Waals surface area contributed by atoms with Gasteiger partial charge in [0.05, 0.1) is 11.3 Å². The average molecular weight is 433 g/mol. The molecule has 3 N–H and O–H groups in total. The molecule has 168 valence electrons. The molecular formula is C27H32N2O3. The van der Waals surface area contributed by atoms with Crippen molar-refractivity contribution in [3.05, 3.63) is 81.6 Å². The Kier molecular flexibility index (Phi) is 6.87. The van der Waals surface area contributed by atoms with Crippen LogP contribution in [0.3, 0.4) is 0 Å². The normalized spacial score (nSPS) is 18.8. The number of hydrogen-bond acceptors (Lipinski definition) is 4. The molecule has 2 aliphatic rings. The van der Waals surface area contributed by atoms with Crippen LogP contribution in [-0.2, 0) is 0 Å². The highest BCUT2D eigenvalue weighted by molar-refractivity contribution is 6.07. The SMILES string of the molecule is CC.CCNc1cc2c(cc1C)C(c1ccc(C)cc1C(=O)O)C1C=C(C)C(=N)C=C1O2. The Hall–Kier alpha value is -3.34. The van der Waals surface area contributed by atoms with E-state index in [4.69, 9.17) is 10.1 Å². The number of aromatic carboxylic acids is 1. The average Bonchev–Trinajstić information content (AvgIpc) is 2.76. The molecule has 0 bridgehead atoms. The Morgan fingerprint density at radius 2 is 1.84 bits per heavy atom. The minimum absolute atomic E-state index is 0.156. The number of ether oxygens (including phenoxy) is 1. The number of carbonyl (C=O) groups is 1. The molecule has 0 fully saturated rings. The second kappa shape index (κ2) is 9.43. The van der Waals surface area contributed by atoms with Crippen molar-refractivity contribution in [2.45, 2.75) is 47.5 Å². The lowest BCUT2D eigenvalue weighted by molar-refractivity contribution is 0.0694. The van der Waals surface area contributed by atoms with Gasteiger partial charge < -0.3 is 20.6 Å². The fraction of sp³-hybridized carbons (Fsp3) is 0.333. The third kappa shape index (κ3) is 4.20. The van der Waals surface area contributed by atoms with Crippen LogP contribution in [0.1, 0.15) is 66.2 Å². The third-order valence-corrected chi connectivity index (χ3v) is 5.89. The van der Waals surface area contributed by atoms with E-state index in [0.29, 0.717) is 22.8 Å². The van der Waals surface area contributed by atoms with Crippen molar-refractivity contribution < 1.29 is 14.6 Å². The first-order valence-corrected chi connectivity index (χ1v) is 11.2. The second-order valence-corrected chi connectivity index (χ2v) is 8.05. The van der Waals surface area contributed by atoms with E-state index in [2.05, 4.69) is 11.4 Å². The lowest BCUT2D eigenvalue weighted by atomic mass is 9.73. The molecule has 1 aliphatic heterocycles. The number of anilines is 1. The first-order chi connectivity index (χ1) is 15.3. The first kappa shape index (κ1) is 23.3. The summed E-state index contributed by atoms with van der Waals surface area (Å²) >= 11 is 0. The van der Waals surface area contributed by atoms with Gasteiger partial charge in [-0.1, -0.05) is 37.6 Å². The molecule has 0 amide bonds. The van der Waals surface area contributed by atoms with Gasteiger partial charge in [-0.15, -0.1) is 0 Å². The summed E-state index contributed by atoms with van der Waals surface area (Å²) in [7, 11) is 0. The maximum atomic E-state index is 12.1. The van der Waals surface area contributed by atoms with E-state index in [9.17, 15) is 9.90 Å². The summed E-state index contributed by atoms with van der Waals surface area (Å²) in [6.45, 7) is 12.7. The standard InChI is InChI=1S/C25H26N2O3.C2H6/c1-5-27-21-12-23-19(10-15(21)4)24(16-7-6-13(2)8-17(16)25(28)29)18-9-14(3)20(26)11-22(18)30-23;1-2/h6-12,18,24,26-27H,5H2,1-4H3,(H,28,29);1-2H3. The quantitative estimate of drug-likeness (QED) is 0.517. The van der Waals surface area contributed by atoms with Crippen molar-refractivity contribution >= 4 is 17.4 Å². The van der Waals surface area contributed by atoms with E-state index in [0.717, 1.165) is 40.1 Å². The van der Waals surface area contributed by atoms with Crippen molar-refractivity contribution in [2.75, 3.05) is 11.9 Å². The van der Waals surface area contributed by atoms with Crippen molar-refractivity contribution in [1.29, 1.82) is 5.41 Å². The molecule has 1 aliphatic carbocycles. The number of nitrogens with one attached hydrogen (secondary N) is 2. The molecule has 2 aromatic rings. The molecule has 0 spiro atoms. The van der Waals surface area contributed by atoms with E-state index in [1.165, 1.54) is 0 Å². The van der Waals surface area contributed by atoms with Crippen LogP contribution >= 0.6 is 0 Å². The smallest absolute Gasteiger partial charge is 0.335 e. The second-order valence-electron chi connectivity index (χ2n) is 8.05. The van der Waals surface area contributed by atoms with Crippen LogP contribution in [0.2, 0.25) is 0 Å².